The summed E-state index contributed by atoms with van der Waals surface area (Å²) >= 11 is 1.49. The number of nitrogens with zero attached hydrogens (tertiary/aromatic N) is 2. The van der Waals surface area contributed by atoms with E-state index >= 15 is 0 Å². The number of amides is 1. The lowest BCUT2D eigenvalue weighted by molar-refractivity contribution is -0.113. The highest BCUT2D eigenvalue weighted by Gasteiger charge is 2.28. The van der Waals surface area contributed by atoms with Crippen molar-refractivity contribution >= 4 is 28.9 Å². The van der Waals surface area contributed by atoms with E-state index in [1.54, 1.807) is 7.11 Å². The Hall–Kier alpha value is -1.75. The molecular weight excluding hydrogens is 296 g/mol. The number of likely N-dealkylation sites (tertiary alicyclic amines) is 1. The molecule has 1 aromatic rings. The highest BCUT2D eigenvalue weighted by Crippen LogP contribution is 2.32. The van der Waals surface area contributed by atoms with Crippen LogP contribution in [0.2, 0.25) is 0 Å². The molecule has 0 aromatic heterocycles. The molecule has 0 saturated carbocycles. The summed E-state index contributed by atoms with van der Waals surface area (Å²) in [6, 6.07) is 7.68. The van der Waals surface area contributed by atoms with Crippen LogP contribution < -0.4 is 4.74 Å². The van der Waals surface area contributed by atoms with Crippen LogP contribution in [-0.2, 0) is 4.79 Å². The number of amidine groups is 1. The number of piperidine rings is 1. The third kappa shape index (κ3) is 3.35. The summed E-state index contributed by atoms with van der Waals surface area (Å²) in [6.07, 6.45) is 4.24. The average Bonchev–Trinajstić information content (AvgIpc) is 2.90. The van der Waals surface area contributed by atoms with E-state index in [2.05, 4.69) is 16.8 Å². The van der Waals surface area contributed by atoms with Crippen molar-refractivity contribution < 1.29 is 9.53 Å². The molecule has 1 saturated heterocycles. The van der Waals surface area contributed by atoms with Gasteiger partial charge in [-0.15, -0.1) is 0 Å². The maximum atomic E-state index is 12.1. The van der Waals surface area contributed by atoms with Gasteiger partial charge in [0.1, 0.15) is 5.75 Å². The van der Waals surface area contributed by atoms with E-state index in [0.717, 1.165) is 35.5 Å². The molecule has 0 spiro atoms. The first-order chi connectivity index (χ1) is 10.7. The molecule has 4 nitrogen and oxygen atoms in total. The number of carbonyl (C=O) groups excluding carboxylic acids is 1. The Morgan fingerprint density at radius 2 is 1.95 bits per heavy atom. The first-order valence-electron chi connectivity index (χ1n) is 7.57. The van der Waals surface area contributed by atoms with E-state index in [-0.39, 0.29) is 5.91 Å². The minimum atomic E-state index is -0.130. The van der Waals surface area contributed by atoms with Gasteiger partial charge in [-0.3, -0.25) is 4.79 Å². The zero-order chi connectivity index (χ0) is 15.5. The van der Waals surface area contributed by atoms with Gasteiger partial charge in [-0.25, -0.2) is 0 Å². The van der Waals surface area contributed by atoms with Crippen LogP contribution >= 0.6 is 11.8 Å². The van der Waals surface area contributed by atoms with Crippen LogP contribution in [0.25, 0.3) is 6.08 Å². The summed E-state index contributed by atoms with van der Waals surface area (Å²) < 4.78 is 5.14. The summed E-state index contributed by atoms with van der Waals surface area (Å²) in [5.74, 6) is 1.45. The largest absolute Gasteiger partial charge is 0.497 e. The molecule has 2 heterocycles. The van der Waals surface area contributed by atoms with Crippen molar-refractivity contribution in [2.45, 2.75) is 19.8 Å². The fourth-order valence-corrected chi connectivity index (χ4v) is 3.55. The highest BCUT2D eigenvalue weighted by molar-refractivity contribution is 8.18. The van der Waals surface area contributed by atoms with E-state index < -0.39 is 0 Å². The van der Waals surface area contributed by atoms with Gasteiger partial charge >= 0.3 is 0 Å². The first kappa shape index (κ1) is 15.2. The number of ether oxygens (including phenoxy) is 1. The van der Waals surface area contributed by atoms with E-state index in [0.29, 0.717) is 4.91 Å². The number of benzene rings is 1. The van der Waals surface area contributed by atoms with Gasteiger partial charge in [-0.2, -0.15) is 4.99 Å². The molecule has 0 atom stereocenters. The molecule has 116 valence electrons. The molecule has 0 N–H and O–H groups in total. The SMILES string of the molecule is COc1ccc(C=C2SC(N3CCC(C)CC3)=NC2=O)cc1. The summed E-state index contributed by atoms with van der Waals surface area (Å²) in [5.41, 5.74) is 0.986. The lowest BCUT2D eigenvalue weighted by Crippen LogP contribution is -2.35. The second-order valence-electron chi connectivity index (χ2n) is 5.75. The number of methoxy groups -OCH3 is 1. The van der Waals surface area contributed by atoms with Gasteiger partial charge in [0, 0.05) is 13.1 Å². The van der Waals surface area contributed by atoms with Crippen molar-refractivity contribution in [3.8, 4) is 5.75 Å². The van der Waals surface area contributed by atoms with Crippen LogP contribution in [0.15, 0.2) is 34.2 Å². The number of thioether (sulfide) groups is 1. The molecule has 1 aromatic carbocycles. The molecule has 3 rings (SSSR count). The first-order valence-corrected chi connectivity index (χ1v) is 8.39. The molecule has 1 amide bonds. The van der Waals surface area contributed by atoms with Gasteiger partial charge in [0.15, 0.2) is 5.17 Å². The Morgan fingerprint density at radius 1 is 1.27 bits per heavy atom. The summed E-state index contributed by atoms with van der Waals surface area (Å²) in [6.45, 7) is 4.27. The summed E-state index contributed by atoms with van der Waals surface area (Å²) in [4.78, 5) is 19.2. The van der Waals surface area contributed by atoms with Crippen molar-refractivity contribution in [2.75, 3.05) is 20.2 Å². The van der Waals surface area contributed by atoms with Crippen molar-refractivity contribution in [3.05, 3.63) is 34.7 Å². The molecule has 0 unspecified atom stereocenters. The quantitative estimate of drug-likeness (QED) is 0.784. The lowest BCUT2D eigenvalue weighted by atomic mass is 10.00. The standard InChI is InChI=1S/C17H20N2O2S/c1-12-7-9-19(10-8-12)17-18-16(20)15(22-17)11-13-3-5-14(21-2)6-4-13/h3-6,11-12H,7-10H2,1-2H3. The molecule has 5 heteroatoms. The zero-order valence-electron chi connectivity index (χ0n) is 12.9. The number of aliphatic imine (C=N–C) groups is 1. The smallest absolute Gasteiger partial charge is 0.286 e. The second kappa shape index (κ2) is 6.57. The Bertz CT molecular complexity index is 614. The van der Waals surface area contributed by atoms with Crippen molar-refractivity contribution in [1.82, 2.24) is 4.90 Å². The van der Waals surface area contributed by atoms with Crippen LogP contribution in [0.4, 0.5) is 0 Å². The van der Waals surface area contributed by atoms with E-state index in [1.165, 1.54) is 24.6 Å². The number of hydrogen-bond acceptors (Lipinski definition) is 4. The normalized spacial score (nSPS) is 21.4. The second-order valence-corrected chi connectivity index (χ2v) is 6.76. The van der Waals surface area contributed by atoms with Crippen LogP contribution in [0.3, 0.4) is 0 Å². The van der Waals surface area contributed by atoms with E-state index in [4.69, 9.17) is 4.74 Å². The summed E-state index contributed by atoms with van der Waals surface area (Å²) in [7, 11) is 1.64. The molecule has 0 aliphatic carbocycles. The molecule has 0 radical (unpaired) electrons. The van der Waals surface area contributed by atoms with Crippen LogP contribution in [0, 0.1) is 5.92 Å². The monoisotopic (exact) mass is 316 g/mol. The molecule has 2 aliphatic rings. The van der Waals surface area contributed by atoms with Crippen LogP contribution in [0.5, 0.6) is 5.75 Å². The minimum Gasteiger partial charge on any atom is -0.497 e. The fraction of sp³-hybridized carbons (Fsp3) is 0.412. The van der Waals surface area contributed by atoms with Crippen molar-refractivity contribution in [2.24, 2.45) is 10.9 Å². The maximum Gasteiger partial charge on any atom is 0.286 e. The predicted molar refractivity (Wildman–Crippen MR) is 91.0 cm³/mol. The molecule has 0 bridgehead atoms. The molecular formula is C17H20N2O2S. The summed E-state index contributed by atoms with van der Waals surface area (Å²) in [5, 5.41) is 0.858. The van der Waals surface area contributed by atoms with E-state index in [1.807, 2.05) is 30.3 Å². The van der Waals surface area contributed by atoms with Gasteiger partial charge in [-0.1, -0.05) is 19.1 Å². The van der Waals surface area contributed by atoms with Gasteiger partial charge < -0.3 is 9.64 Å². The molecule has 22 heavy (non-hydrogen) atoms. The predicted octanol–water partition coefficient (Wildman–Crippen LogP) is 3.40. The highest BCUT2D eigenvalue weighted by atomic mass is 32.2. The third-order valence-electron chi connectivity index (χ3n) is 4.08. The number of rotatable bonds is 2. The minimum absolute atomic E-state index is 0.130. The van der Waals surface area contributed by atoms with Gasteiger partial charge in [0.05, 0.1) is 12.0 Å². The Kier molecular flexibility index (Phi) is 4.52. The van der Waals surface area contributed by atoms with Gasteiger partial charge in [0.25, 0.3) is 5.91 Å². The molecule has 1 fully saturated rings. The maximum absolute atomic E-state index is 12.1. The Balaban J connectivity index is 1.69. The third-order valence-corrected chi connectivity index (χ3v) is 5.12. The van der Waals surface area contributed by atoms with E-state index in [9.17, 15) is 4.79 Å². The van der Waals surface area contributed by atoms with Crippen molar-refractivity contribution in [3.63, 3.8) is 0 Å². The van der Waals surface area contributed by atoms with Crippen LogP contribution in [0.1, 0.15) is 25.3 Å². The van der Waals surface area contributed by atoms with Gasteiger partial charge in [0.2, 0.25) is 0 Å². The Morgan fingerprint density at radius 3 is 2.59 bits per heavy atom. The number of carbonyl (C=O) groups is 1. The van der Waals surface area contributed by atoms with Crippen LogP contribution in [-0.4, -0.2) is 36.2 Å². The average molecular weight is 316 g/mol. The fourth-order valence-electron chi connectivity index (χ4n) is 2.58. The lowest BCUT2D eigenvalue weighted by Gasteiger charge is -2.30. The van der Waals surface area contributed by atoms with Gasteiger partial charge in [-0.05, 0) is 54.3 Å². The topological polar surface area (TPSA) is 41.9 Å². The zero-order valence-corrected chi connectivity index (χ0v) is 13.7. The Labute approximate surface area is 135 Å². The molecule has 2 aliphatic heterocycles. The number of hydrogen-bond donors (Lipinski definition) is 0. The van der Waals surface area contributed by atoms with Crippen molar-refractivity contribution in [1.29, 1.82) is 0 Å².